The Morgan fingerprint density at radius 3 is 2.55 bits per heavy atom. The average molecular weight is 151 g/mol. The summed E-state index contributed by atoms with van der Waals surface area (Å²) in [7, 11) is -1.57. The lowest BCUT2D eigenvalue weighted by Gasteiger charge is -1.96. The minimum Gasteiger partial charge on any atom is -0.422 e. The van der Waals surface area contributed by atoms with E-state index in [0.29, 0.717) is 11.8 Å². The number of rotatable bonds is 2. The number of pyridine rings is 1. The van der Waals surface area contributed by atoms with Gasteiger partial charge in [-0.05, 0) is 12.1 Å². The van der Waals surface area contributed by atoms with Crippen LogP contribution in [0.25, 0.3) is 0 Å². The Hall–Kier alpha value is -1.20. The molecule has 0 unspecified atom stereocenters. The molecule has 5 heteroatoms. The van der Waals surface area contributed by atoms with E-state index in [4.69, 9.17) is 10.0 Å². The van der Waals surface area contributed by atoms with Gasteiger partial charge in [0, 0.05) is 11.8 Å². The molecule has 1 aromatic heterocycles. The molecule has 0 amide bonds. The Morgan fingerprint density at radius 2 is 2.18 bits per heavy atom. The fraction of sp³-hybridized carbons (Fsp3) is 0. The van der Waals surface area contributed by atoms with E-state index in [2.05, 4.69) is 4.98 Å². The zero-order valence-electron chi connectivity index (χ0n) is 5.64. The number of hydrogen-bond acceptors (Lipinski definition) is 4. The molecule has 0 aliphatic rings. The maximum Gasteiger partial charge on any atom is 0.508 e. The van der Waals surface area contributed by atoms with Crippen molar-refractivity contribution in [3.05, 3.63) is 23.9 Å². The van der Waals surface area contributed by atoms with Crippen molar-refractivity contribution in [1.82, 2.24) is 4.98 Å². The topological polar surface area (TPSA) is 70.4 Å². The Bertz CT molecular complexity index is 247. The fourth-order valence-electron chi connectivity index (χ4n) is 0.639. The molecule has 0 fully saturated rings. The molecule has 0 saturated heterocycles. The van der Waals surface area contributed by atoms with Gasteiger partial charge >= 0.3 is 7.12 Å². The summed E-state index contributed by atoms with van der Waals surface area (Å²) in [5, 5.41) is 17.2. The molecule has 4 nitrogen and oxygen atoms in total. The van der Waals surface area contributed by atoms with Gasteiger partial charge in [0.25, 0.3) is 0 Å². The average Bonchev–Trinajstić information content (AvgIpc) is 2.05. The number of aromatic nitrogens is 1. The van der Waals surface area contributed by atoms with Crippen LogP contribution in [0.4, 0.5) is 0 Å². The largest absolute Gasteiger partial charge is 0.508 e. The van der Waals surface area contributed by atoms with Crippen LogP contribution in [0.1, 0.15) is 10.4 Å². The van der Waals surface area contributed by atoms with Gasteiger partial charge in [0.2, 0.25) is 0 Å². The fourth-order valence-corrected chi connectivity index (χ4v) is 0.639. The summed E-state index contributed by atoms with van der Waals surface area (Å²) in [6.07, 6.45) is 1.92. The molecule has 56 valence electrons. The second-order valence-electron chi connectivity index (χ2n) is 2.01. The quantitative estimate of drug-likeness (QED) is 0.401. The van der Waals surface area contributed by atoms with Crippen molar-refractivity contribution < 1.29 is 14.8 Å². The highest BCUT2D eigenvalue weighted by atomic mass is 16.4. The van der Waals surface area contributed by atoms with Gasteiger partial charge in [0.05, 0.1) is 5.59 Å². The van der Waals surface area contributed by atoms with E-state index in [0.717, 1.165) is 0 Å². The molecule has 0 radical (unpaired) electrons. The molecule has 1 aromatic rings. The van der Waals surface area contributed by atoms with Crippen LogP contribution < -0.4 is 5.59 Å². The number of carbonyl (C=O) groups is 1. The lowest BCUT2D eigenvalue weighted by Crippen LogP contribution is -2.32. The minimum absolute atomic E-state index is 0.135. The molecule has 0 bridgehead atoms. The zero-order valence-corrected chi connectivity index (χ0v) is 5.64. The molecule has 0 saturated carbocycles. The normalized spacial score (nSPS) is 9.27. The van der Waals surface area contributed by atoms with Crippen LogP contribution in [0.3, 0.4) is 0 Å². The van der Waals surface area contributed by atoms with Crippen molar-refractivity contribution in [1.29, 1.82) is 0 Å². The summed E-state index contributed by atoms with van der Waals surface area (Å²) in [4.78, 5) is 13.7. The van der Waals surface area contributed by atoms with Gasteiger partial charge in [-0.2, -0.15) is 0 Å². The molecular weight excluding hydrogens is 145 g/mol. The van der Waals surface area contributed by atoms with Gasteiger partial charge in [-0.3, -0.25) is 9.78 Å². The predicted molar refractivity (Wildman–Crippen MR) is 39.5 cm³/mol. The van der Waals surface area contributed by atoms with Crippen LogP contribution in [0.2, 0.25) is 0 Å². The van der Waals surface area contributed by atoms with Gasteiger partial charge in [-0.15, -0.1) is 0 Å². The van der Waals surface area contributed by atoms with Gasteiger partial charge in [0.15, 0.2) is 6.29 Å². The van der Waals surface area contributed by atoms with Crippen molar-refractivity contribution in [2.45, 2.75) is 0 Å². The number of aldehydes is 1. The molecule has 11 heavy (non-hydrogen) atoms. The Kier molecular flexibility index (Phi) is 2.35. The maximum atomic E-state index is 10.1. The van der Waals surface area contributed by atoms with Crippen molar-refractivity contribution in [2.24, 2.45) is 0 Å². The predicted octanol–water partition coefficient (Wildman–Crippen LogP) is -1.43. The number of nitrogens with zero attached hydrogens (tertiary/aromatic N) is 1. The third-order valence-electron chi connectivity index (χ3n) is 1.21. The zero-order chi connectivity index (χ0) is 8.27. The summed E-state index contributed by atoms with van der Waals surface area (Å²) in [6, 6.07) is 2.85. The molecule has 0 atom stereocenters. The van der Waals surface area contributed by atoms with Crippen LogP contribution in [-0.2, 0) is 0 Å². The molecule has 0 spiro atoms. The number of carbonyl (C=O) groups excluding carboxylic acids is 1. The first kappa shape index (κ1) is 7.91. The highest BCUT2D eigenvalue weighted by Gasteiger charge is 2.11. The molecule has 2 N–H and O–H groups in total. The van der Waals surface area contributed by atoms with Crippen molar-refractivity contribution in [3.8, 4) is 0 Å². The first-order valence-electron chi connectivity index (χ1n) is 3.01. The molecule has 0 aromatic carbocycles. The summed E-state index contributed by atoms with van der Waals surface area (Å²) < 4.78 is 0. The molecule has 0 aliphatic heterocycles. The van der Waals surface area contributed by atoms with Gasteiger partial charge in [0.1, 0.15) is 0 Å². The van der Waals surface area contributed by atoms with Crippen LogP contribution in [0.15, 0.2) is 18.3 Å². The first-order valence-corrected chi connectivity index (χ1v) is 3.01. The van der Waals surface area contributed by atoms with E-state index >= 15 is 0 Å². The van der Waals surface area contributed by atoms with Gasteiger partial charge < -0.3 is 10.0 Å². The van der Waals surface area contributed by atoms with E-state index in [9.17, 15) is 4.79 Å². The molecule has 1 rings (SSSR count). The standard InChI is InChI=1S/C6H6BNO3/c9-4-5-1-2-6(7(10)11)8-3-5/h1-4,10-11H. The van der Waals surface area contributed by atoms with Crippen LogP contribution >= 0.6 is 0 Å². The van der Waals surface area contributed by atoms with E-state index in [1.54, 1.807) is 0 Å². The highest BCUT2D eigenvalue weighted by molar-refractivity contribution is 6.57. The van der Waals surface area contributed by atoms with Crippen molar-refractivity contribution >= 4 is 19.0 Å². The van der Waals surface area contributed by atoms with Gasteiger partial charge in [-0.25, -0.2) is 0 Å². The number of hydrogen-bond donors (Lipinski definition) is 2. The van der Waals surface area contributed by atoms with E-state index in [-0.39, 0.29) is 5.59 Å². The Balaban J connectivity index is 2.91. The van der Waals surface area contributed by atoms with Crippen molar-refractivity contribution in [3.63, 3.8) is 0 Å². The van der Waals surface area contributed by atoms with Crippen LogP contribution in [0.5, 0.6) is 0 Å². The summed E-state index contributed by atoms with van der Waals surface area (Å²) in [5.41, 5.74) is 0.546. The van der Waals surface area contributed by atoms with Crippen LogP contribution in [0, 0.1) is 0 Å². The molecule has 0 aliphatic carbocycles. The first-order chi connectivity index (χ1) is 5.24. The van der Waals surface area contributed by atoms with E-state index < -0.39 is 7.12 Å². The monoisotopic (exact) mass is 151 g/mol. The van der Waals surface area contributed by atoms with Gasteiger partial charge in [-0.1, -0.05) is 0 Å². The summed E-state index contributed by atoms with van der Waals surface area (Å²) in [6.45, 7) is 0. The van der Waals surface area contributed by atoms with Crippen LogP contribution in [-0.4, -0.2) is 28.4 Å². The maximum absolute atomic E-state index is 10.1. The third kappa shape index (κ3) is 1.86. The van der Waals surface area contributed by atoms with E-state index in [1.165, 1.54) is 18.3 Å². The molecule has 1 heterocycles. The van der Waals surface area contributed by atoms with E-state index in [1.807, 2.05) is 0 Å². The minimum atomic E-state index is -1.57. The Labute approximate surface area is 63.7 Å². The second-order valence-corrected chi connectivity index (χ2v) is 2.01. The lowest BCUT2D eigenvalue weighted by molar-refractivity contribution is 0.112. The van der Waals surface area contributed by atoms with Crippen molar-refractivity contribution in [2.75, 3.05) is 0 Å². The summed E-state index contributed by atoms with van der Waals surface area (Å²) in [5.74, 6) is 0. The molecular formula is C6H6BNO3. The highest BCUT2D eigenvalue weighted by Crippen LogP contribution is 1.88. The lowest BCUT2D eigenvalue weighted by atomic mass is 9.85. The summed E-state index contributed by atoms with van der Waals surface area (Å²) >= 11 is 0. The third-order valence-corrected chi connectivity index (χ3v) is 1.21. The second kappa shape index (κ2) is 3.27. The Morgan fingerprint density at radius 1 is 1.45 bits per heavy atom. The SMILES string of the molecule is O=Cc1ccc(B(O)O)nc1. The smallest absolute Gasteiger partial charge is 0.422 e.